The van der Waals surface area contributed by atoms with Gasteiger partial charge in [-0.25, -0.2) is 5.48 Å². The van der Waals surface area contributed by atoms with Crippen LogP contribution in [0, 0.1) is 5.92 Å². The number of hydroxylamine groups is 1. The third-order valence-corrected chi connectivity index (χ3v) is 5.32. The van der Waals surface area contributed by atoms with E-state index in [9.17, 15) is 9.59 Å². The van der Waals surface area contributed by atoms with Crippen LogP contribution >= 0.6 is 0 Å². The van der Waals surface area contributed by atoms with E-state index in [-0.39, 0.29) is 17.7 Å². The highest BCUT2D eigenvalue weighted by molar-refractivity contribution is 5.98. The lowest BCUT2D eigenvalue weighted by Gasteiger charge is -2.20. The normalized spacial score (nSPS) is 22.1. The largest absolute Gasteiger partial charge is 0.311 e. The number of aromatic nitrogens is 1. The van der Waals surface area contributed by atoms with Crippen molar-refractivity contribution in [1.29, 1.82) is 0 Å². The molecule has 0 saturated carbocycles. The van der Waals surface area contributed by atoms with Crippen LogP contribution in [-0.2, 0) is 11.2 Å². The molecule has 1 fully saturated rings. The minimum atomic E-state index is -0.525. The molecule has 128 valence electrons. The Balaban J connectivity index is 1.61. The van der Waals surface area contributed by atoms with Crippen LogP contribution in [0.2, 0.25) is 0 Å². The van der Waals surface area contributed by atoms with Gasteiger partial charge in [-0.3, -0.25) is 19.8 Å². The quantitative estimate of drug-likeness (QED) is 0.665. The van der Waals surface area contributed by atoms with Crippen molar-refractivity contribution in [3.8, 4) is 0 Å². The summed E-state index contributed by atoms with van der Waals surface area (Å²) in [6.45, 7) is 0.692. The van der Waals surface area contributed by atoms with E-state index in [2.05, 4.69) is 4.98 Å². The number of carbonyl (C=O) groups excluding carboxylic acids is 2. The Morgan fingerprint density at radius 1 is 1.24 bits per heavy atom. The van der Waals surface area contributed by atoms with E-state index in [1.54, 1.807) is 28.8 Å². The average Bonchev–Trinajstić information content (AvgIpc) is 3.24. The summed E-state index contributed by atoms with van der Waals surface area (Å²) < 4.78 is 0. The van der Waals surface area contributed by atoms with E-state index in [0.717, 1.165) is 30.5 Å². The molecule has 1 saturated heterocycles. The van der Waals surface area contributed by atoms with Gasteiger partial charge in [0.25, 0.3) is 5.91 Å². The fourth-order valence-corrected chi connectivity index (χ4v) is 4.10. The standard InChI is InChI=1S/C19H19N3O3/c23-18(21-25)13-4-3-12-5-6-15(17(12)10-13)16-7-9-22(19(16)24)14-2-1-8-20-11-14/h1-4,8,10-11,15-16,25H,5-7,9H2,(H,21,23). The number of hydrogen-bond acceptors (Lipinski definition) is 4. The van der Waals surface area contributed by atoms with Crippen LogP contribution in [0.15, 0.2) is 42.7 Å². The molecule has 6 nitrogen and oxygen atoms in total. The third-order valence-electron chi connectivity index (χ3n) is 5.32. The summed E-state index contributed by atoms with van der Waals surface area (Å²) in [7, 11) is 0. The second-order valence-corrected chi connectivity index (χ2v) is 6.60. The topological polar surface area (TPSA) is 82.5 Å². The molecule has 2 heterocycles. The number of benzene rings is 1. The second kappa shape index (κ2) is 6.29. The van der Waals surface area contributed by atoms with Gasteiger partial charge >= 0.3 is 0 Å². The van der Waals surface area contributed by atoms with Gasteiger partial charge in [0.1, 0.15) is 0 Å². The van der Waals surface area contributed by atoms with E-state index in [1.807, 2.05) is 24.3 Å². The predicted octanol–water partition coefficient (Wildman–Crippen LogP) is 2.28. The molecular weight excluding hydrogens is 318 g/mol. The van der Waals surface area contributed by atoms with E-state index in [4.69, 9.17) is 5.21 Å². The molecule has 2 atom stereocenters. The van der Waals surface area contributed by atoms with Crippen molar-refractivity contribution in [1.82, 2.24) is 10.5 Å². The molecule has 6 heteroatoms. The number of fused-ring (bicyclic) bond motifs is 1. The highest BCUT2D eigenvalue weighted by atomic mass is 16.5. The summed E-state index contributed by atoms with van der Waals surface area (Å²) in [5.74, 6) is -0.351. The number of amides is 2. The Labute approximate surface area is 145 Å². The van der Waals surface area contributed by atoms with Crippen molar-refractivity contribution in [3.63, 3.8) is 0 Å². The Hall–Kier alpha value is -2.73. The van der Waals surface area contributed by atoms with Crippen LogP contribution in [0.25, 0.3) is 0 Å². The van der Waals surface area contributed by atoms with E-state index in [1.165, 1.54) is 5.56 Å². The van der Waals surface area contributed by atoms with E-state index < -0.39 is 5.91 Å². The van der Waals surface area contributed by atoms with Crippen LogP contribution in [0.1, 0.15) is 40.2 Å². The van der Waals surface area contributed by atoms with Crippen molar-refractivity contribution in [2.75, 3.05) is 11.4 Å². The molecule has 2 unspecified atom stereocenters. The maximum Gasteiger partial charge on any atom is 0.274 e. The Morgan fingerprint density at radius 3 is 2.88 bits per heavy atom. The minimum Gasteiger partial charge on any atom is -0.311 e. The fourth-order valence-electron chi connectivity index (χ4n) is 4.10. The van der Waals surface area contributed by atoms with Gasteiger partial charge in [0.15, 0.2) is 0 Å². The maximum atomic E-state index is 13.0. The molecule has 4 rings (SSSR count). The number of nitrogens with zero attached hydrogens (tertiary/aromatic N) is 2. The van der Waals surface area contributed by atoms with Crippen molar-refractivity contribution >= 4 is 17.5 Å². The van der Waals surface area contributed by atoms with Crippen LogP contribution in [0.5, 0.6) is 0 Å². The molecule has 1 aromatic heterocycles. The first kappa shape index (κ1) is 15.8. The van der Waals surface area contributed by atoms with E-state index in [0.29, 0.717) is 12.1 Å². The maximum absolute atomic E-state index is 13.0. The van der Waals surface area contributed by atoms with Gasteiger partial charge in [-0.1, -0.05) is 6.07 Å². The zero-order valence-electron chi connectivity index (χ0n) is 13.7. The number of nitrogens with one attached hydrogen (secondary N) is 1. The third kappa shape index (κ3) is 2.68. The number of carbonyl (C=O) groups is 2. The number of pyridine rings is 1. The van der Waals surface area contributed by atoms with Crippen molar-refractivity contribution in [2.24, 2.45) is 5.92 Å². The highest BCUT2D eigenvalue weighted by Crippen LogP contribution is 2.43. The molecular formula is C19H19N3O3. The lowest BCUT2D eigenvalue weighted by Crippen LogP contribution is -2.29. The second-order valence-electron chi connectivity index (χ2n) is 6.60. The van der Waals surface area contributed by atoms with Gasteiger partial charge in [-0.05, 0) is 60.6 Å². The Bertz CT molecular complexity index is 822. The summed E-state index contributed by atoms with van der Waals surface area (Å²) >= 11 is 0. The van der Waals surface area contributed by atoms with Crippen molar-refractivity contribution in [3.05, 3.63) is 59.4 Å². The zero-order valence-corrected chi connectivity index (χ0v) is 13.7. The molecule has 0 radical (unpaired) electrons. The van der Waals surface area contributed by atoms with Crippen LogP contribution < -0.4 is 10.4 Å². The molecule has 1 aromatic carbocycles. The lowest BCUT2D eigenvalue weighted by molar-refractivity contribution is -0.121. The summed E-state index contributed by atoms with van der Waals surface area (Å²) in [5, 5.41) is 8.85. The SMILES string of the molecule is O=C(NO)c1ccc2c(c1)C(C1CCN(c3cccnc3)C1=O)CC2. The zero-order chi connectivity index (χ0) is 17.4. The molecule has 25 heavy (non-hydrogen) atoms. The molecule has 1 aliphatic carbocycles. The monoisotopic (exact) mass is 337 g/mol. The summed E-state index contributed by atoms with van der Waals surface area (Å²) in [6.07, 6.45) is 6.04. The van der Waals surface area contributed by atoms with Gasteiger partial charge in [-0.2, -0.15) is 0 Å². The Morgan fingerprint density at radius 2 is 2.12 bits per heavy atom. The first-order valence-corrected chi connectivity index (χ1v) is 8.47. The van der Waals surface area contributed by atoms with Gasteiger partial charge in [-0.15, -0.1) is 0 Å². The van der Waals surface area contributed by atoms with Crippen LogP contribution in [0.3, 0.4) is 0 Å². The van der Waals surface area contributed by atoms with Gasteiger partial charge in [0, 0.05) is 24.2 Å². The summed E-state index contributed by atoms with van der Waals surface area (Å²) in [6, 6.07) is 9.20. The molecule has 2 aromatic rings. The predicted molar refractivity (Wildman–Crippen MR) is 91.5 cm³/mol. The van der Waals surface area contributed by atoms with Gasteiger partial charge in [0.05, 0.1) is 11.9 Å². The first-order valence-electron chi connectivity index (χ1n) is 8.47. The molecule has 0 spiro atoms. The molecule has 2 aliphatic rings. The smallest absolute Gasteiger partial charge is 0.274 e. The van der Waals surface area contributed by atoms with Crippen molar-refractivity contribution < 1.29 is 14.8 Å². The summed E-state index contributed by atoms with van der Waals surface area (Å²) in [5.41, 5.74) is 5.18. The lowest BCUT2D eigenvalue weighted by atomic mass is 9.85. The highest BCUT2D eigenvalue weighted by Gasteiger charge is 2.41. The van der Waals surface area contributed by atoms with Crippen molar-refractivity contribution in [2.45, 2.75) is 25.2 Å². The van der Waals surface area contributed by atoms with Crippen LogP contribution in [0.4, 0.5) is 5.69 Å². The molecule has 2 amide bonds. The van der Waals surface area contributed by atoms with Gasteiger partial charge in [0.2, 0.25) is 5.91 Å². The molecule has 1 aliphatic heterocycles. The average molecular weight is 337 g/mol. The molecule has 2 N–H and O–H groups in total. The number of anilines is 1. The fraction of sp³-hybridized carbons (Fsp3) is 0.316. The number of aryl methyl sites for hydroxylation is 1. The summed E-state index contributed by atoms with van der Waals surface area (Å²) in [4.78, 5) is 30.6. The molecule has 0 bridgehead atoms. The number of rotatable bonds is 3. The minimum absolute atomic E-state index is 0.0751. The first-order chi connectivity index (χ1) is 12.2. The van der Waals surface area contributed by atoms with Crippen LogP contribution in [-0.4, -0.2) is 28.6 Å². The van der Waals surface area contributed by atoms with Gasteiger partial charge < -0.3 is 4.90 Å². The van der Waals surface area contributed by atoms with E-state index >= 15 is 0 Å². The number of hydrogen-bond donors (Lipinski definition) is 2. The Kier molecular flexibility index (Phi) is 3.97.